The predicted molar refractivity (Wildman–Crippen MR) is 98.4 cm³/mol. The van der Waals surface area contributed by atoms with E-state index in [9.17, 15) is 4.79 Å². The molecule has 0 spiro atoms. The Kier molecular flexibility index (Phi) is 5.48. The maximum atomic E-state index is 12.1. The molecule has 0 atom stereocenters. The molecule has 0 bridgehead atoms. The van der Waals surface area contributed by atoms with Crippen molar-refractivity contribution in [2.24, 2.45) is 0 Å². The fraction of sp³-hybridized carbons (Fsp3) is 0.158. The number of carbonyl (C=O) groups is 1. The molecule has 1 N–H and O–H groups in total. The Balaban J connectivity index is 1.56. The molecule has 0 aliphatic heterocycles. The van der Waals surface area contributed by atoms with Gasteiger partial charge in [-0.3, -0.25) is 9.69 Å². The van der Waals surface area contributed by atoms with Crippen LogP contribution in [0.1, 0.15) is 5.89 Å². The van der Waals surface area contributed by atoms with Crippen molar-refractivity contribution >= 4 is 23.2 Å². The van der Waals surface area contributed by atoms with Crippen molar-refractivity contribution in [2.45, 2.75) is 6.54 Å². The molecule has 3 rings (SSSR count). The van der Waals surface area contributed by atoms with E-state index in [0.29, 0.717) is 28.9 Å². The van der Waals surface area contributed by atoms with Crippen molar-refractivity contribution < 1.29 is 9.21 Å². The lowest BCUT2D eigenvalue weighted by molar-refractivity contribution is -0.117. The van der Waals surface area contributed by atoms with Crippen LogP contribution >= 0.6 is 11.6 Å². The zero-order chi connectivity index (χ0) is 17.6. The summed E-state index contributed by atoms with van der Waals surface area (Å²) in [6.07, 6.45) is 1.70. The van der Waals surface area contributed by atoms with Crippen LogP contribution in [0.25, 0.3) is 11.3 Å². The van der Waals surface area contributed by atoms with E-state index < -0.39 is 0 Å². The quantitative estimate of drug-likeness (QED) is 0.724. The number of oxazole rings is 1. The van der Waals surface area contributed by atoms with Crippen molar-refractivity contribution in [2.75, 3.05) is 18.9 Å². The first-order chi connectivity index (χ1) is 12.1. The van der Waals surface area contributed by atoms with Gasteiger partial charge in [-0.25, -0.2) is 4.98 Å². The van der Waals surface area contributed by atoms with Gasteiger partial charge in [0.25, 0.3) is 0 Å². The minimum absolute atomic E-state index is 0.148. The molecule has 0 saturated carbocycles. The predicted octanol–water partition coefficient (Wildman–Crippen LogP) is 4.07. The second-order valence-corrected chi connectivity index (χ2v) is 6.09. The van der Waals surface area contributed by atoms with Crippen LogP contribution in [0.4, 0.5) is 5.69 Å². The van der Waals surface area contributed by atoms with E-state index in [4.69, 9.17) is 16.0 Å². The summed E-state index contributed by atoms with van der Waals surface area (Å²) in [5.41, 5.74) is 1.57. The van der Waals surface area contributed by atoms with Gasteiger partial charge in [-0.2, -0.15) is 0 Å². The molecule has 1 aromatic heterocycles. The van der Waals surface area contributed by atoms with Crippen LogP contribution in [-0.4, -0.2) is 29.4 Å². The number of rotatable bonds is 6. The molecule has 5 nitrogen and oxygen atoms in total. The van der Waals surface area contributed by atoms with Gasteiger partial charge in [0.15, 0.2) is 5.76 Å². The van der Waals surface area contributed by atoms with E-state index in [1.165, 1.54) is 0 Å². The summed E-state index contributed by atoms with van der Waals surface area (Å²) in [5.74, 6) is 1.13. The van der Waals surface area contributed by atoms with Crippen LogP contribution in [0.3, 0.4) is 0 Å². The van der Waals surface area contributed by atoms with Crippen LogP contribution in [0, 0.1) is 0 Å². The maximum Gasteiger partial charge on any atom is 0.238 e. The van der Waals surface area contributed by atoms with Crippen molar-refractivity contribution in [1.29, 1.82) is 0 Å². The molecular formula is C19H18ClN3O2. The lowest BCUT2D eigenvalue weighted by Crippen LogP contribution is -2.30. The van der Waals surface area contributed by atoms with Crippen molar-refractivity contribution in [3.8, 4) is 11.3 Å². The first-order valence-electron chi connectivity index (χ1n) is 7.85. The van der Waals surface area contributed by atoms with Crippen molar-refractivity contribution in [1.82, 2.24) is 9.88 Å². The van der Waals surface area contributed by atoms with Gasteiger partial charge in [-0.1, -0.05) is 54.1 Å². The molecule has 128 valence electrons. The summed E-state index contributed by atoms with van der Waals surface area (Å²) in [7, 11) is 1.83. The lowest BCUT2D eigenvalue weighted by atomic mass is 10.2. The Morgan fingerprint density at radius 3 is 2.64 bits per heavy atom. The molecular weight excluding hydrogens is 338 g/mol. The van der Waals surface area contributed by atoms with Crippen LogP contribution in [0.15, 0.2) is 65.2 Å². The number of nitrogens with one attached hydrogen (secondary N) is 1. The Morgan fingerprint density at radius 1 is 1.16 bits per heavy atom. The fourth-order valence-electron chi connectivity index (χ4n) is 2.40. The number of anilines is 1. The number of likely N-dealkylation sites (N-methyl/N-ethyl adjacent to an activating group) is 1. The Hall–Kier alpha value is -2.63. The van der Waals surface area contributed by atoms with Crippen molar-refractivity contribution in [3.05, 3.63) is 71.7 Å². The van der Waals surface area contributed by atoms with E-state index >= 15 is 0 Å². The molecule has 0 radical (unpaired) electrons. The highest BCUT2D eigenvalue weighted by Gasteiger charge is 2.12. The molecule has 0 fully saturated rings. The molecule has 0 unspecified atom stereocenters. The number of para-hydroxylation sites is 1. The van der Waals surface area contributed by atoms with Crippen LogP contribution in [0.2, 0.25) is 5.02 Å². The SMILES string of the molecule is CN(CC(=O)Nc1ccccc1Cl)Cc1ncc(-c2ccccc2)o1. The first-order valence-corrected chi connectivity index (χ1v) is 8.22. The van der Waals surface area contributed by atoms with Crippen LogP contribution in [0.5, 0.6) is 0 Å². The normalized spacial score (nSPS) is 10.8. The van der Waals surface area contributed by atoms with Gasteiger partial charge >= 0.3 is 0 Å². The molecule has 0 aliphatic carbocycles. The number of aromatic nitrogens is 1. The highest BCUT2D eigenvalue weighted by atomic mass is 35.5. The maximum absolute atomic E-state index is 12.1. The summed E-state index contributed by atoms with van der Waals surface area (Å²) in [5, 5.41) is 3.31. The molecule has 25 heavy (non-hydrogen) atoms. The van der Waals surface area contributed by atoms with Gasteiger partial charge in [-0.15, -0.1) is 0 Å². The molecule has 1 heterocycles. The number of hydrogen-bond donors (Lipinski definition) is 1. The summed E-state index contributed by atoms with van der Waals surface area (Å²) >= 11 is 6.04. The van der Waals surface area contributed by atoms with Crippen molar-refractivity contribution in [3.63, 3.8) is 0 Å². The Bertz CT molecular complexity index is 849. The molecule has 1 amide bonds. The third-order valence-corrected chi connectivity index (χ3v) is 3.91. The fourth-order valence-corrected chi connectivity index (χ4v) is 2.59. The second kappa shape index (κ2) is 7.96. The number of hydrogen-bond acceptors (Lipinski definition) is 4. The number of benzene rings is 2. The third-order valence-electron chi connectivity index (χ3n) is 3.58. The zero-order valence-electron chi connectivity index (χ0n) is 13.8. The Morgan fingerprint density at radius 2 is 1.88 bits per heavy atom. The Labute approximate surface area is 151 Å². The molecule has 2 aromatic carbocycles. The van der Waals surface area contributed by atoms with E-state index in [2.05, 4.69) is 10.3 Å². The molecule has 0 saturated heterocycles. The third kappa shape index (κ3) is 4.68. The summed E-state index contributed by atoms with van der Waals surface area (Å²) in [6, 6.07) is 16.9. The minimum atomic E-state index is -0.148. The molecule has 3 aromatic rings. The highest BCUT2D eigenvalue weighted by Crippen LogP contribution is 2.21. The van der Waals surface area contributed by atoms with E-state index in [-0.39, 0.29) is 12.5 Å². The van der Waals surface area contributed by atoms with Crippen LogP contribution in [-0.2, 0) is 11.3 Å². The summed E-state index contributed by atoms with van der Waals surface area (Å²) in [4.78, 5) is 18.2. The zero-order valence-corrected chi connectivity index (χ0v) is 14.5. The molecule has 6 heteroatoms. The standard InChI is InChI=1S/C19H18ClN3O2/c1-23(12-18(24)22-16-10-6-5-9-15(16)20)13-19-21-11-17(25-19)14-7-3-2-4-8-14/h2-11H,12-13H2,1H3,(H,22,24). The van der Waals surface area contributed by atoms with E-state index in [1.54, 1.807) is 18.3 Å². The monoisotopic (exact) mass is 355 g/mol. The van der Waals surface area contributed by atoms with Gasteiger partial charge in [0.2, 0.25) is 11.8 Å². The summed E-state index contributed by atoms with van der Waals surface area (Å²) < 4.78 is 5.75. The smallest absolute Gasteiger partial charge is 0.238 e. The average molecular weight is 356 g/mol. The van der Waals surface area contributed by atoms with Gasteiger partial charge in [-0.05, 0) is 19.2 Å². The highest BCUT2D eigenvalue weighted by molar-refractivity contribution is 6.33. The minimum Gasteiger partial charge on any atom is -0.439 e. The first kappa shape index (κ1) is 17.2. The number of carbonyl (C=O) groups excluding carboxylic acids is 1. The van der Waals surface area contributed by atoms with Crippen LogP contribution < -0.4 is 5.32 Å². The van der Waals surface area contributed by atoms with Gasteiger partial charge < -0.3 is 9.73 Å². The van der Waals surface area contributed by atoms with E-state index in [0.717, 1.165) is 5.56 Å². The average Bonchev–Trinajstić information content (AvgIpc) is 3.06. The number of halogens is 1. The van der Waals surface area contributed by atoms with E-state index in [1.807, 2.05) is 54.4 Å². The second-order valence-electron chi connectivity index (χ2n) is 5.68. The largest absolute Gasteiger partial charge is 0.439 e. The number of amides is 1. The lowest BCUT2D eigenvalue weighted by Gasteiger charge is -2.14. The van der Waals surface area contributed by atoms with Gasteiger partial charge in [0, 0.05) is 5.56 Å². The topological polar surface area (TPSA) is 58.4 Å². The summed E-state index contributed by atoms with van der Waals surface area (Å²) in [6.45, 7) is 0.636. The van der Waals surface area contributed by atoms with Gasteiger partial charge in [0.05, 0.1) is 30.0 Å². The van der Waals surface area contributed by atoms with Gasteiger partial charge in [0.1, 0.15) is 0 Å². The number of nitrogens with zero attached hydrogens (tertiary/aromatic N) is 2. The molecule has 0 aliphatic rings.